The summed E-state index contributed by atoms with van der Waals surface area (Å²) in [4.78, 5) is 4.36. The molecule has 0 N–H and O–H groups in total. The molecule has 0 atom stereocenters. The second-order valence-electron chi connectivity index (χ2n) is 4.79. The van der Waals surface area contributed by atoms with E-state index >= 15 is 0 Å². The molecule has 0 saturated heterocycles. The lowest BCUT2D eigenvalue weighted by Gasteiger charge is -2.26. The molecule has 3 rings (SSSR count). The highest BCUT2D eigenvalue weighted by Gasteiger charge is 2.30. The number of halogens is 1. The van der Waals surface area contributed by atoms with Gasteiger partial charge in [0.15, 0.2) is 0 Å². The van der Waals surface area contributed by atoms with E-state index in [2.05, 4.69) is 4.98 Å². The summed E-state index contributed by atoms with van der Waals surface area (Å²) >= 11 is 0. The highest BCUT2D eigenvalue weighted by atomic mass is 32.2. The van der Waals surface area contributed by atoms with Crippen molar-refractivity contribution in [1.29, 1.82) is 0 Å². The number of hydrogen-bond donors (Lipinski definition) is 0. The van der Waals surface area contributed by atoms with Gasteiger partial charge in [-0.05, 0) is 24.3 Å². The Morgan fingerprint density at radius 2 is 1.95 bits per heavy atom. The summed E-state index contributed by atoms with van der Waals surface area (Å²) in [6, 6.07) is 4.91. The van der Waals surface area contributed by atoms with Crippen molar-refractivity contribution in [3.63, 3.8) is 0 Å². The van der Waals surface area contributed by atoms with E-state index in [1.54, 1.807) is 6.33 Å². The normalized spacial score (nSPS) is 16.1. The van der Waals surface area contributed by atoms with Crippen molar-refractivity contribution < 1.29 is 12.8 Å². The lowest BCUT2D eigenvalue weighted by Crippen LogP contribution is -2.36. The Labute approximate surface area is 116 Å². The molecule has 0 fully saturated rings. The number of sulfonamides is 1. The van der Waals surface area contributed by atoms with Crippen LogP contribution >= 0.6 is 0 Å². The fourth-order valence-corrected chi connectivity index (χ4v) is 3.76. The van der Waals surface area contributed by atoms with Crippen molar-refractivity contribution in [3.8, 4) is 0 Å². The molecule has 106 valence electrons. The Bertz CT molecular complexity index is 737. The third-order valence-electron chi connectivity index (χ3n) is 3.52. The van der Waals surface area contributed by atoms with Crippen LogP contribution in [0.3, 0.4) is 0 Å². The van der Waals surface area contributed by atoms with Crippen molar-refractivity contribution in [2.45, 2.75) is 17.9 Å². The van der Waals surface area contributed by atoms with Crippen LogP contribution in [0.15, 0.2) is 35.5 Å². The minimum atomic E-state index is -3.59. The number of fused-ring (bicyclic) bond motifs is 1. The Kier molecular flexibility index (Phi) is 3.10. The van der Waals surface area contributed by atoms with Gasteiger partial charge in [0, 0.05) is 20.0 Å². The largest absolute Gasteiger partial charge is 0.336 e. The first-order valence-corrected chi connectivity index (χ1v) is 7.67. The van der Waals surface area contributed by atoms with E-state index in [0.29, 0.717) is 19.5 Å². The minimum Gasteiger partial charge on any atom is -0.336 e. The molecule has 2 heterocycles. The van der Waals surface area contributed by atoms with Gasteiger partial charge in [0.2, 0.25) is 10.0 Å². The molecule has 1 aliphatic heterocycles. The molecule has 20 heavy (non-hydrogen) atoms. The molecule has 0 spiro atoms. The maximum absolute atomic E-state index is 12.9. The summed E-state index contributed by atoms with van der Waals surface area (Å²) < 4.78 is 41.2. The van der Waals surface area contributed by atoms with Crippen molar-refractivity contribution in [3.05, 3.63) is 47.8 Å². The number of benzene rings is 1. The van der Waals surface area contributed by atoms with Gasteiger partial charge in [-0.25, -0.2) is 17.8 Å². The summed E-state index contributed by atoms with van der Waals surface area (Å²) in [5, 5.41) is 0. The number of nitrogens with zero attached hydrogens (tertiary/aromatic N) is 3. The Morgan fingerprint density at radius 3 is 2.65 bits per heavy atom. The smallest absolute Gasteiger partial charge is 0.243 e. The molecule has 5 nitrogen and oxygen atoms in total. The van der Waals surface area contributed by atoms with Crippen molar-refractivity contribution in [1.82, 2.24) is 13.9 Å². The molecular formula is C13H14FN3O2S. The van der Waals surface area contributed by atoms with E-state index in [-0.39, 0.29) is 4.90 Å². The number of aryl methyl sites for hydroxylation is 1. The first kappa shape index (κ1) is 13.3. The summed E-state index contributed by atoms with van der Waals surface area (Å²) in [7, 11) is -1.74. The highest BCUT2D eigenvalue weighted by Crippen LogP contribution is 2.24. The highest BCUT2D eigenvalue weighted by molar-refractivity contribution is 7.89. The summed E-state index contributed by atoms with van der Waals surface area (Å²) in [6.07, 6.45) is 2.29. The standard InChI is InChI=1S/C13H14FN3O2S/c1-16-9-15-12-6-7-17(8-13(12)16)20(18,19)11-4-2-10(14)3-5-11/h2-5,9H,6-8H2,1H3. The van der Waals surface area contributed by atoms with Gasteiger partial charge in [-0.1, -0.05) is 0 Å². The molecule has 1 aliphatic rings. The van der Waals surface area contributed by atoms with Gasteiger partial charge < -0.3 is 4.57 Å². The van der Waals surface area contributed by atoms with Crippen LogP contribution in [0, 0.1) is 5.82 Å². The molecule has 0 radical (unpaired) electrons. The fraction of sp³-hybridized carbons (Fsp3) is 0.308. The number of hydrogen-bond acceptors (Lipinski definition) is 3. The maximum Gasteiger partial charge on any atom is 0.243 e. The van der Waals surface area contributed by atoms with Crippen LogP contribution in [0.2, 0.25) is 0 Å². The predicted molar refractivity (Wildman–Crippen MR) is 70.9 cm³/mol. The molecule has 0 aliphatic carbocycles. The van der Waals surface area contributed by atoms with Crippen LogP contribution in [0.1, 0.15) is 11.4 Å². The number of aromatic nitrogens is 2. The third-order valence-corrected chi connectivity index (χ3v) is 5.38. The maximum atomic E-state index is 12.9. The van der Waals surface area contributed by atoms with Gasteiger partial charge >= 0.3 is 0 Å². The number of imidazole rings is 1. The van der Waals surface area contributed by atoms with Crippen molar-refractivity contribution in [2.24, 2.45) is 7.05 Å². The first-order valence-electron chi connectivity index (χ1n) is 6.23. The topological polar surface area (TPSA) is 55.2 Å². The first-order chi connectivity index (χ1) is 9.48. The van der Waals surface area contributed by atoms with Crippen LogP contribution in [0.5, 0.6) is 0 Å². The monoisotopic (exact) mass is 295 g/mol. The summed E-state index contributed by atoms with van der Waals surface area (Å²) in [6.45, 7) is 0.690. The summed E-state index contributed by atoms with van der Waals surface area (Å²) in [5.74, 6) is -0.448. The van der Waals surface area contributed by atoms with Crippen LogP contribution in [0.25, 0.3) is 0 Å². The number of rotatable bonds is 2. The van der Waals surface area contributed by atoms with Crippen LogP contribution in [0.4, 0.5) is 4.39 Å². The van der Waals surface area contributed by atoms with E-state index < -0.39 is 15.8 Å². The Hall–Kier alpha value is -1.73. The zero-order chi connectivity index (χ0) is 14.3. The zero-order valence-electron chi connectivity index (χ0n) is 11.0. The lowest BCUT2D eigenvalue weighted by atomic mass is 10.2. The molecular weight excluding hydrogens is 281 g/mol. The van der Waals surface area contributed by atoms with Crippen LogP contribution < -0.4 is 0 Å². The van der Waals surface area contributed by atoms with Gasteiger partial charge in [0.1, 0.15) is 5.82 Å². The quantitative estimate of drug-likeness (QED) is 0.839. The van der Waals surface area contributed by atoms with E-state index in [1.807, 2.05) is 11.6 Å². The molecule has 7 heteroatoms. The fourth-order valence-electron chi connectivity index (χ4n) is 2.35. The average Bonchev–Trinajstić information content (AvgIpc) is 2.80. The van der Waals surface area contributed by atoms with E-state index in [0.717, 1.165) is 23.5 Å². The van der Waals surface area contributed by atoms with Crippen LogP contribution in [-0.2, 0) is 30.0 Å². The molecule has 0 bridgehead atoms. The van der Waals surface area contributed by atoms with Crippen molar-refractivity contribution in [2.75, 3.05) is 6.54 Å². The summed E-state index contributed by atoms with van der Waals surface area (Å²) in [5.41, 5.74) is 1.85. The SMILES string of the molecule is Cn1cnc2c1CN(S(=O)(=O)c1ccc(F)cc1)CC2. The Morgan fingerprint density at radius 1 is 1.25 bits per heavy atom. The van der Waals surface area contributed by atoms with E-state index in [9.17, 15) is 12.8 Å². The third kappa shape index (κ3) is 2.12. The minimum absolute atomic E-state index is 0.115. The van der Waals surface area contributed by atoms with E-state index in [1.165, 1.54) is 16.4 Å². The molecule has 2 aromatic rings. The zero-order valence-corrected chi connectivity index (χ0v) is 11.8. The van der Waals surface area contributed by atoms with Gasteiger partial charge in [-0.3, -0.25) is 0 Å². The molecule has 1 aromatic heterocycles. The van der Waals surface area contributed by atoms with E-state index in [4.69, 9.17) is 0 Å². The second kappa shape index (κ2) is 4.68. The molecule has 0 amide bonds. The Balaban J connectivity index is 1.94. The second-order valence-corrected chi connectivity index (χ2v) is 6.73. The lowest BCUT2D eigenvalue weighted by molar-refractivity contribution is 0.380. The predicted octanol–water partition coefficient (Wildman–Crippen LogP) is 1.31. The molecule has 1 aromatic carbocycles. The van der Waals surface area contributed by atoms with Gasteiger partial charge in [0.25, 0.3) is 0 Å². The van der Waals surface area contributed by atoms with Gasteiger partial charge in [-0.2, -0.15) is 4.31 Å². The molecule has 0 saturated carbocycles. The average molecular weight is 295 g/mol. The van der Waals surface area contributed by atoms with Gasteiger partial charge in [0.05, 0.1) is 29.2 Å². The van der Waals surface area contributed by atoms with Crippen molar-refractivity contribution >= 4 is 10.0 Å². The van der Waals surface area contributed by atoms with Gasteiger partial charge in [-0.15, -0.1) is 0 Å². The van der Waals surface area contributed by atoms with Crippen LogP contribution in [-0.4, -0.2) is 28.8 Å². The molecule has 0 unspecified atom stereocenters.